The largest absolute Gasteiger partial charge is 0.445 e. The first-order valence-electron chi connectivity index (χ1n) is 11.0. The van der Waals surface area contributed by atoms with Gasteiger partial charge in [0.2, 0.25) is 5.91 Å². The molecule has 1 heterocycles. The second kappa shape index (κ2) is 11.8. The van der Waals surface area contributed by atoms with E-state index in [1.807, 2.05) is 96.5 Å². The van der Waals surface area contributed by atoms with Crippen molar-refractivity contribution in [3.8, 4) is 0 Å². The van der Waals surface area contributed by atoms with Crippen LogP contribution in [0.1, 0.15) is 11.1 Å². The minimum atomic E-state index is -0.812. The van der Waals surface area contributed by atoms with E-state index in [0.29, 0.717) is 12.1 Å². The summed E-state index contributed by atoms with van der Waals surface area (Å²) in [6.07, 6.45) is 1.31. The van der Waals surface area contributed by atoms with E-state index < -0.39 is 12.1 Å². The number of carbonyl (C=O) groups excluding carboxylic acids is 2. The molecule has 8 nitrogen and oxygen atoms in total. The lowest BCUT2D eigenvalue weighted by molar-refractivity contribution is -0.118. The van der Waals surface area contributed by atoms with Gasteiger partial charge in [0.15, 0.2) is 5.16 Å². The minimum absolute atomic E-state index is 0.122. The molecule has 2 amide bonds. The second-order valence-corrected chi connectivity index (χ2v) is 8.83. The molecule has 35 heavy (non-hydrogen) atoms. The highest BCUT2D eigenvalue weighted by Crippen LogP contribution is 2.26. The molecule has 2 N–H and O–H groups in total. The summed E-state index contributed by atoms with van der Waals surface area (Å²) < 4.78 is 7.16. The lowest BCUT2D eigenvalue weighted by Gasteiger charge is -2.19. The minimum Gasteiger partial charge on any atom is -0.445 e. The monoisotopic (exact) mass is 487 g/mol. The van der Waals surface area contributed by atoms with Gasteiger partial charge in [-0.1, -0.05) is 60.7 Å². The number of nitrogens with zero attached hydrogens (tertiary/aromatic N) is 3. The first-order chi connectivity index (χ1) is 17.1. The molecule has 9 heteroatoms. The lowest BCUT2D eigenvalue weighted by Crippen LogP contribution is -2.45. The number of aromatic nitrogens is 3. The van der Waals surface area contributed by atoms with Crippen LogP contribution in [0.4, 0.5) is 10.5 Å². The third-order valence-corrected chi connectivity index (χ3v) is 6.16. The van der Waals surface area contributed by atoms with E-state index in [-0.39, 0.29) is 12.5 Å². The zero-order valence-electron chi connectivity index (χ0n) is 19.1. The van der Waals surface area contributed by atoms with Gasteiger partial charge < -0.3 is 19.9 Å². The van der Waals surface area contributed by atoms with Crippen LogP contribution in [0.3, 0.4) is 0 Å². The van der Waals surface area contributed by atoms with Crippen LogP contribution in [0.5, 0.6) is 0 Å². The molecule has 4 rings (SSSR count). The van der Waals surface area contributed by atoms with E-state index in [0.717, 1.165) is 21.2 Å². The van der Waals surface area contributed by atoms with E-state index in [1.165, 1.54) is 11.8 Å². The molecule has 0 saturated heterocycles. The average Bonchev–Trinajstić information content (AvgIpc) is 3.29. The Morgan fingerprint density at radius 3 is 2.23 bits per heavy atom. The van der Waals surface area contributed by atoms with Gasteiger partial charge in [0, 0.05) is 24.1 Å². The second-order valence-electron chi connectivity index (χ2n) is 7.79. The SMILES string of the molecule is Cn1cnnc1Sc1ccc(NC(=O)[C@H](Cc2ccccc2)NC(=O)OCc2ccccc2)cc1. The number of hydrogen-bond donors (Lipinski definition) is 2. The number of amides is 2. The normalized spacial score (nSPS) is 11.5. The number of hydrogen-bond acceptors (Lipinski definition) is 6. The van der Waals surface area contributed by atoms with Crippen LogP contribution in [0.2, 0.25) is 0 Å². The van der Waals surface area contributed by atoms with Crippen LogP contribution in [-0.4, -0.2) is 32.8 Å². The molecule has 0 aliphatic carbocycles. The fourth-order valence-electron chi connectivity index (χ4n) is 3.27. The number of rotatable bonds is 9. The Morgan fingerprint density at radius 2 is 1.60 bits per heavy atom. The van der Waals surface area contributed by atoms with Gasteiger partial charge in [-0.15, -0.1) is 10.2 Å². The van der Waals surface area contributed by atoms with Crippen LogP contribution < -0.4 is 10.6 Å². The van der Waals surface area contributed by atoms with E-state index in [4.69, 9.17) is 4.74 Å². The average molecular weight is 488 g/mol. The topological polar surface area (TPSA) is 98.1 Å². The van der Waals surface area contributed by atoms with Crippen molar-refractivity contribution >= 4 is 29.4 Å². The molecule has 0 spiro atoms. The standard InChI is InChI=1S/C26H25N5O3S/c1-31-18-27-30-25(31)35-22-14-12-21(13-15-22)28-24(32)23(16-19-8-4-2-5-9-19)29-26(33)34-17-20-10-6-3-7-11-20/h2-15,18,23H,16-17H2,1H3,(H,28,32)(H,29,33)/t23-/m0/s1. The molecule has 0 aliphatic heterocycles. The molecule has 0 bridgehead atoms. The highest BCUT2D eigenvalue weighted by Gasteiger charge is 2.22. The molecule has 1 aromatic heterocycles. The van der Waals surface area contributed by atoms with Crippen LogP contribution in [0.25, 0.3) is 0 Å². The van der Waals surface area contributed by atoms with Crippen molar-refractivity contribution in [3.63, 3.8) is 0 Å². The molecule has 0 fully saturated rings. The smallest absolute Gasteiger partial charge is 0.408 e. The van der Waals surface area contributed by atoms with E-state index >= 15 is 0 Å². The summed E-state index contributed by atoms with van der Waals surface area (Å²) in [5.74, 6) is -0.334. The highest BCUT2D eigenvalue weighted by atomic mass is 32.2. The van der Waals surface area contributed by atoms with E-state index in [1.54, 1.807) is 6.33 Å². The molecular formula is C26H25N5O3S. The maximum atomic E-state index is 13.1. The predicted octanol–water partition coefficient (Wildman–Crippen LogP) is 4.44. The Morgan fingerprint density at radius 1 is 0.943 bits per heavy atom. The van der Waals surface area contributed by atoms with Gasteiger partial charge in [0.25, 0.3) is 0 Å². The Hall–Kier alpha value is -4.11. The van der Waals surface area contributed by atoms with Crippen molar-refractivity contribution in [2.75, 3.05) is 5.32 Å². The molecule has 0 radical (unpaired) electrons. The van der Waals surface area contributed by atoms with E-state index in [9.17, 15) is 9.59 Å². The lowest BCUT2D eigenvalue weighted by atomic mass is 10.1. The first-order valence-corrected chi connectivity index (χ1v) is 11.8. The molecule has 178 valence electrons. The van der Waals surface area contributed by atoms with Gasteiger partial charge in [-0.25, -0.2) is 4.79 Å². The molecule has 0 aliphatic rings. The summed E-state index contributed by atoms with van der Waals surface area (Å²) in [7, 11) is 1.88. The van der Waals surface area contributed by atoms with E-state index in [2.05, 4.69) is 20.8 Å². The molecule has 4 aromatic rings. The summed E-state index contributed by atoms with van der Waals surface area (Å²) in [4.78, 5) is 26.5. The predicted molar refractivity (Wildman–Crippen MR) is 134 cm³/mol. The fraction of sp³-hybridized carbons (Fsp3) is 0.154. The van der Waals surface area contributed by atoms with Crippen LogP contribution >= 0.6 is 11.8 Å². The van der Waals surface area contributed by atoms with Crippen molar-refractivity contribution in [2.24, 2.45) is 7.05 Å². The number of alkyl carbamates (subject to hydrolysis) is 1. The van der Waals surface area contributed by atoms with Crippen molar-refractivity contribution in [3.05, 3.63) is 102 Å². The third kappa shape index (κ3) is 7.18. The Kier molecular flexibility index (Phi) is 8.13. The number of ether oxygens (including phenoxy) is 1. The van der Waals surface area contributed by atoms with Gasteiger partial charge in [-0.05, 0) is 47.2 Å². The summed E-state index contributed by atoms with van der Waals surface area (Å²) in [5.41, 5.74) is 2.41. The number of nitrogens with one attached hydrogen (secondary N) is 2. The van der Waals surface area contributed by atoms with Crippen molar-refractivity contribution in [1.82, 2.24) is 20.1 Å². The number of benzene rings is 3. The van der Waals surface area contributed by atoms with Gasteiger partial charge in [0.1, 0.15) is 19.0 Å². The molecule has 0 saturated carbocycles. The van der Waals surface area contributed by atoms with Gasteiger partial charge in [-0.3, -0.25) is 4.79 Å². The van der Waals surface area contributed by atoms with Crippen LogP contribution in [0.15, 0.2) is 101 Å². The Bertz CT molecular complexity index is 1250. The molecule has 3 aromatic carbocycles. The number of anilines is 1. The maximum absolute atomic E-state index is 13.1. The zero-order valence-corrected chi connectivity index (χ0v) is 19.9. The quantitative estimate of drug-likeness (QED) is 0.362. The van der Waals surface area contributed by atoms with Crippen molar-refractivity contribution in [2.45, 2.75) is 29.1 Å². The van der Waals surface area contributed by atoms with Crippen molar-refractivity contribution < 1.29 is 14.3 Å². The Labute approximate surface area is 207 Å². The third-order valence-electron chi connectivity index (χ3n) is 5.10. The fourth-order valence-corrected chi connectivity index (χ4v) is 4.03. The van der Waals surface area contributed by atoms with Crippen LogP contribution in [-0.2, 0) is 29.6 Å². The van der Waals surface area contributed by atoms with Crippen molar-refractivity contribution in [1.29, 1.82) is 0 Å². The summed E-state index contributed by atoms with van der Waals surface area (Å²) in [6.45, 7) is 0.122. The highest BCUT2D eigenvalue weighted by molar-refractivity contribution is 7.99. The molecule has 1 atom stereocenters. The first kappa shape index (κ1) is 24.0. The molecule has 0 unspecified atom stereocenters. The maximum Gasteiger partial charge on any atom is 0.408 e. The van der Waals surface area contributed by atoms with Gasteiger partial charge in [0.05, 0.1) is 0 Å². The van der Waals surface area contributed by atoms with Crippen LogP contribution in [0, 0.1) is 0 Å². The van der Waals surface area contributed by atoms with Gasteiger partial charge >= 0.3 is 6.09 Å². The summed E-state index contributed by atoms with van der Waals surface area (Å²) >= 11 is 1.47. The zero-order chi connectivity index (χ0) is 24.5. The number of aryl methyl sites for hydroxylation is 1. The summed E-state index contributed by atoms with van der Waals surface area (Å²) in [6, 6.07) is 25.5. The number of carbonyl (C=O) groups is 2. The van der Waals surface area contributed by atoms with Gasteiger partial charge in [-0.2, -0.15) is 0 Å². The summed E-state index contributed by atoms with van der Waals surface area (Å²) in [5, 5.41) is 14.3. The Balaban J connectivity index is 1.39. The molecular weight excluding hydrogens is 462 g/mol.